The molecule has 0 aliphatic heterocycles. The summed E-state index contributed by atoms with van der Waals surface area (Å²) < 4.78 is 0. The molecule has 1 heterocycles. The van der Waals surface area contributed by atoms with E-state index in [1.165, 1.54) is 0 Å². The normalized spacial score (nSPS) is 24.8. The van der Waals surface area contributed by atoms with E-state index < -0.39 is 0 Å². The van der Waals surface area contributed by atoms with Crippen LogP contribution in [0.4, 0.5) is 0 Å². The zero-order valence-corrected chi connectivity index (χ0v) is 10.8. The Kier molecular flexibility index (Phi) is 4.31. The fourth-order valence-corrected chi connectivity index (χ4v) is 2.70. The zero-order chi connectivity index (χ0) is 13.0. The number of carbonyl (C=O) groups excluding carboxylic acids is 1. The van der Waals surface area contributed by atoms with E-state index in [1.807, 2.05) is 19.1 Å². The smallest absolute Gasteiger partial charge is 0.223 e. The Bertz CT molecular complexity index is 393. The maximum absolute atomic E-state index is 12.2. The molecule has 0 aromatic carbocycles. The van der Waals surface area contributed by atoms with E-state index in [4.69, 9.17) is 5.73 Å². The summed E-state index contributed by atoms with van der Waals surface area (Å²) in [6.07, 6.45) is 6.68. The molecule has 1 aliphatic carbocycles. The lowest BCUT2D eigenvalue weighted by Gasteiger charge is -2.21. The summed E-state index contributed by atoms with van der Waals surface area (Å²) in [6, 6.07) is 3.87. The minimum atomic E-state index is 0.00484. The summed E-state index contributed by atoms with van der Waals surface area (Å²) in [4.78, 5) is 16.3. The van der Waals surface area contributed by atoms with Gasteiger partial charge in [0.05, 0.1) is 6.04 Å². The largest absolute Gasteiger partial charge is 0.349 e. The predicted octanol–water partition coefficient (Wildman–Crippen LogP) is 1.63. The van der Waals surface area contributed by atoms with Crippen molar-refractivity contribution in [1.82, 2.24) is 10.3 Å². The summed E-state index contributed by atoms with van der Waals surface area (Å²) in [6.45, 7) is 2.60. The molecule has 1 saturated carbocycles. The third-order valence-electron chi connectivity index (χ3n) is 3.84. The Hall–Kier alpha value is -1.42. The number of rotatable bonds is 4. The summed E-state index contributed by atoms with van der Waals surface area (Å²) >= 11 is 0. The van der Waals surface area contributed by atoms with Gasteiger partial charge >= 0.3 is 0 Å². The number of aromatic nitrogens is 1. The molecule has 0 spiro atoms. The maximum atomic E-state index is 12.2. The molecule has 1 aromatic heterocycles. The Morgan fingerprint density at radius 1 is 1.61 bits per heavy atom. The van der Waals surface area contributed by atoms with Gasteiger partial charge in [0.15, 0.2) is 0 Å². The van der Waals surface area contributed by atoms with Gasteiger partial charge in [0.25, 0.3) is 0 Å². The second kappa shape index (κ2) is 5.96. The summed E-state index contributed by atoms with van der Waals surface area (Å²) in [7, 11) is 0. The van der Waals surface area contributed by atoms with Gasteiger partial charge in [-0.1, -0.05) is 12.5 Å². The quantitative estimate of drug-likeness (QED) is 0.849. The molecule has 3 N–H and O–H groups in total. The van der Waals surface area contributed by atoms with E-state index in [0.717, 1.165) is 24.8 Å². The minimum Gasteiger partial charge on any atom is -0.349 e. The minimum absolute atomic E-state index is 0.00484. The molecule has 1 unspecified atom stereocenters. The van der Waals surface area contributed by atoms with Gasteiger partial charge in [-0.2, -0.15) is 0 Å². The van der Waals surface area contributed by atoms with Crippen LogP contribution in [0.15, 0.2) is 24.5 Å². The molecule has 98 valence electrons. The van der Waals surface area contributed by atoms with Gasteiger partial charge in [-0.05, 0) is 43.9 Å². The van der Waals surface area contributed by atoms with Crippen molar-refractivity contribution in [2.75, 3.05) is 6.54 Å². The van der Waals surface area contributed by atoms with Gasteiger partial charge in [-0.25, -0.2) is 0 Å². The first kappa shape index (κ1) is 13.0. The Morgan fingerprint density at radius 2 is 2.44 bits per heavy atom. The zero-order valence-electron chi connectivity index (χ0n) is 10.8. The lowest BCUT2D eigenvalue weighted by Crippen LogP contribution is -2.36. The number of carbonyl (C=O) groups is 1. The molecule has 0 bridgehead atoms. The maximum Gasteiger partial charge on any atom is 0.223 e. The Balaban J connectivity index is 1.95. The van der Waals surface area contributed by atoms with E-state index in [-0.39, 0.29) is 17.9 Å². The van der Waals surface area contributed by atoms with E-state index in [1.54, 1.807) is 12.4 Å². The topological polar surface area (TPSA) is 68.0 Å². The molecule has 2 rings (SSSR count). The van der Waals surface area contributed by atoms with Crippen LogP contribution in [-0.2, 0) is 4.79 Å². The highest BCUT2D eigenvalue weighted by Crippen LogP contribution is 2.31. The average molecular weight is 247 g/mol. The second-order valence-corrected chi connectivity index (χ2v) is 5.05. The molecule has 18 heavy (non-hydrogen) atoms. The molecule has 0 radical (unpaired) electrons. The Labute approximate surface area is 108 Å². The monoisotopic (exact) mass is 247 g/mol. The highest BCUT2D eigenvalue weighted by molar-refractivity contribution is 5.79. The molecule has 4 heteroatoms. The molecule has 1 fully saturated rings. The summed E-state index contributed by atoms with van der Waals surface area (Å²) in [5.74, 6) is 0.583. The van der Waals surface area contributed by atoms with Gasteiger partial charge in [0.1, 0.15) is 0 Å². The van der Waals surface area contributed by atoms with Crippen LogP contribution >= 0.6 is 0 Å². The molecule has 1 amide bonds. The number of pyridine rings is 1. The van der Waals surface area contributed by atoms with Crippen LogP contribution in [0.1, 0.15) is 37.8 Å². The van der Waals surface area contributed by atoms with E-state index in [9.17, 15) is 4.79 Å². The second-order valence-electron chi connectivity index (χ2n) is 5.05. The lowest BCUT2D eigenvalue weighted by molar-refractivity contribution is -0.126. The number of amides is 1. The molecular formula is C14H21N3O. The number of nitrogens with zero attached hydrogens (tertiary/aromatic N) is 1. The van der Waals surface area contributed by atoms with Crippen molar-refractivity contribution in [2.45, 2.75) is 32.2 Å². The lowest BCUT2D eigenvalue weighted by atomic mass is 9.95. The Morgan fingerprint density at radius 3 is 3.11 bits per heavy atom. The molecule has 1 aromatic rings. The number of nitrogens with one attached hydrogen (secondary N) is 1. The van der Waals surface area contributed by atoms with E-state index in [2.05, 4.69) is 10.3 Å². The number of nitrogens with two attached hydrogens (primary N) is 1. The van der Waals surface area contributed by atoms with Crippen LogP contribution in [0.2, 0.25) is 0 Å². The van der Waals surface area contributed by atoms with Crippen LogP contribution in [-0.4, -0.2) is 17.4 Å². The fourth-order valence-electron chi connectivity index (χ4n) is 2.70. The van der Waals surface area contributed by atoms with Crippen LogP contribution in [0.3, 0.4) is 0 Å². The van der Waals surface area contributed by atoms with Gasteiger partial charge in [-0.15, -0.1) is 0 Å². The van der Waals surface area contributed by atoms with Gasteiger partial charge in [0, 0.05) is 18.3 Å². The van der Waals surface area contributed by atoms with Gasteiger partial charge < -0.3 is 11.1 Å². The van der Waals surface area contributed by atoms with Crippen molar-refractivity contribution >= 4 is 5.91 Å². The molecule has 1 aliphatic rings. The van der Waals surface area contributed by atoms with Crippen LogP contribution < -0.4 is 11.1 Å². The highest BCUT2D eigenvalue weighted by Gasteiger charge is 2.32. The van der Waals surface area contributed by atoms with Crippen molar-refractivity contribution < 1.29 is 4.79 Å². The number of hydrogen-bond acceptors (Lipinski definition) is 3. The van der Waals surface area contributed by atoms with Crippen molar-refractivity contribution in [1.29, 1.82) is 0 Å². The fraction of sp³-hybridized carbons (Fsp3) is 0.571. The van der Waals surface area contributed by atoms with Crippen LogP contribution in [0.25, 0.3) is 0 Å². The third-order valence-corrected chi connectivity index (χ3v) is 3.84. The standard InChI is InChI=1S/C14H21N3O/c1-10(12-5-3-7-16-9-12)17-14(18)13-6-2-4-11(13)8-15/h3,5,7,9-11,13H,2,4,6,8,15H2,1H3,(H,17,18)/t10?,11-,13-/m1/s1. The van der Waals surface area contributed by atoms with Crippen molar-refractivity contribution in [3.8, 4) is 0 Å². The first-order valence-electron chi connectivity index (χ1n) is 6.62. The van der Waals surface area contributed by atoms with Gasteiger partial charge in [-0.3, -0.25) is 9.78 Å². The van der Waals surface area contributed by atoms with Crippen molar-refractivity contribution in [3.63, 3.8) is 0 Å². The molecular weight excluding hydrogens is 226 g/mol. The van der Waals surface area contributed by atoms with Crippen LogP contribution in [0.5, 0.6) is 0 Å². The first-order chi connectivity index (χ1) is 8.72. The van der Waals surface area contributed by atoms with E-state index in [0.29, 0.717) is 12.5 Å². The highest BCUT2D eigenvalue weighted by atomic mass is 16.2. The molecule has 3 atom stereocenters. The average Bonchev–Trinajstić information content (AvgIpc) is 2.88. The summed E-state index contributed by atoms with van der Waals surface area (Å²) in [5, 5.41) is 3.07. The summed E-state index contributed by atoms with van der Waals surface area (Å²) in [5.41, 5.74) is 6.75. The predicted molar refractivity (Wildman–Crippen MR) is 70.7 cm³/mol. The van der Waals surface area contributed by atoms with Gasteiger partial charge in [0.2, 0.25) is 5.91 Å². The van der Waals surface area contributed by atoms with Crippen LogP contribution in [0, 0.1) is 11.8 Å². The van der Waals surface area contributed by atoms with Crippen molar-refractivity contribution in [3.05, 3.63) is 30.1 Å². The van der Waals surface area contributed by atoms with E-state index >= 15 is 0 Å². The number of hydrogen-bond donors (Lipinski definition) is 2. The SMILES string of the molecule is CC(NC(=O)[C@@H]1CCC[C@@H]1CN)c1cccnc1. The van der Waals surface area contributed by atoms with Crippen molar-refractivity contribution in [2.24, 2.45) is 17.6 Å². The molecule has 4 nitrogen and oxygen atoms in total. The molecule has 0 saturated heterocycles. The first-order valence-corrected chi connectivity index (χ1v) is 6.62. The third kappa shape index (κ3) is 2.88.